The normalized spacial score (nSPS) is 14.2. The molecule has 0 aromatic heterocycles. The van der Waals surface area contributed by atoms with Crippen LogP contribution >= 0.6 is 0 Å². The quantitative estimate of drug-likeness (QED) is 0.467. The molecule has 3 nitrogen and oxygen atoms in total. The van der Waals surface area contributed by atoms with E-state index in [1.807, 2.05) is 0 Å². The molecule has 0 spiro atoms. The van der Waals surface area contributed by atoms with Crippen LogP contribution in [-0.4, -0.2) is 40.8 Å². The zero-order chi connectivity index (χ0) is 15.3. The van der Waals surface area contributed by atoms with Crippen molar-refractivity contribution in [1.82, 2.24) is 0 Å². The Balaban J connectivity index is 4.10. The Hall–Kier alpha value is 0.748. The zero-order valence-corrected chi connectivity index (χ0v) is 18.6. The van der Waals surface area contributed by atoms with Crippen LogP contribution in [0.2, 0.25) is 65.0 Å². The van der Waals surface area contributed by atoms with Crippen molar-refractivity contribution in [1.29, 1.82) is 0 Å². The van der Waals surface area contributed by atoms with Crippen LogP contribution in [0.5, 0.6) is 0 Å². The van der Waals surface area contributed by atoms with Gasteiger partial charge in [-0.3, -0.25) is 0 Å². The molecule has 0 saturated heterocycles. The van der Waals surface area contributed by atoms with Gasteiger partial charge in [0.1, 0.15) is 0 Å². The first kappa shape index (κ1) is 19.7. The van der Waals surface area contributed by atoms with Crippen molar-refractivity contribution in [3.63, 3.8) is 0 Å². The first-order valence-corrected chi connectivity index (χ1v) is 19.5. The Morgan fingerprint density at radius 1 is 0.895 bits per heavy atom. The molecule has 0 rings (SSSR count). The smallest absolute Gasteiger partial charge is 0.310 e. The molecule has 0 aliphatic carbocycles. The summed E-state index contributed by atoms with van der Waals surface area (Å²) in [6, 6.07) is 1.16. The molecule has 0 aliphatic heterocycles. The summed E-state index contributed by atoms with van der Waals surface area (Å²) in [5.41, 5.74) is 0. The van der Waals surface area contributed by atoms with Crippen LogP contribution in [0.15, 0.2) is 0 Å². The maximum absolute atomic E-state index is 6.41. The van der Waals surface area contributed by atoms with Gasteiger partial charge in [0.2, 0.25) is 0 Å². The van der Waals surface area contributed by atoms with Crippen molar-refractivity contribution in [3.05, 3.63) is 0 Å². The summed E-state index contributed by atoms with van der Waals surface area (Å²) in [6.07, 6.45) is 1.12. The van der Waals surface area contributed by atoms with Crippen LogP contribution < -0.4 is 0 Å². The second-order valence-electron chi connectivity index (χ2n) is 7.49. The van der Waals surface area contributed by atoms with E-state index in [0.29, 0.717) is 0 Å². The molecule has 0 radical (unpaired) electrons. The topological polar surface area (TPSA) is 27.7 Å². The summed E-state index contributed by atoms with van der Waals surface area (Å²) >= 11 is 0. The summed E-state index contributed by atoms with van der Waals surface area (Å²) in [5, 5.41) is 0. The largest absolute Gasteiger partial charge is 0.440 e. The predicted molar refractivity (Wildman–Crippen MR) is 94.7 cm³/mol. The van der Waals surface area contributed by atoms with Crippen LogP contribution in [0.25, 0.3) is 0 Å². The highest BCUT2D eigenvalue weighted by Gasteiger charge is 2.34. The molecule has 0 unspecified atom stereocenters. The fraction of sp³-hybridized carbons (Fsp3) is 1.00. The third-order valence-corrected chi connectivity index (χ3v) is 13.5. The third kappa shape index (κ3) is 12.2. The molecule has 0 N–H and O–H groups in total. The minimum atomic E-state index is -1.91. The second kappa shape index (κ2) is 7.67. The minimum absolute atomic E-state index is 0.886. The van der Waals surface area contributed by atoms with Crippen LogP contribution in [0.4, 0.5) is 0 Å². The van der Waals surface area contributed by atoms with Gasteiger partial charge < -0.3 is 12.7 Å². The van der Waals surface area contributed by atoms with E-state index in [0.717, 1.165) is 19.1 Å². The summed E-state index contributed by atoms with van der Waals surface area (Å²) < 4.78 is 18.4. The molecule has 0 aromatic carbocycles. The highest BCUT2D eigenvalue weighted by atomic mass is 28.5. The molecule has 0 atom stereocenters. The van der Waals surface area contributed by atoms with Gasteiger partial charge in [-0.1, -0.05) is 0 Å². The standard InChI is InChI=1S/C12H34O3Si4/c1-16(2)14-19(8,9)15-18(6,7)12-10-11-13-17(3,4)5/h16H,10-12H2,1-9H3. The van der Waals surface area contributed by atoms with Crippen molar-refractivity contribution >= 4 is 34.2 Å². The fourth-order valence-electron chi connectivity index (χ4n) is 2.18. The van der Waals surface area contributed by atoms with Gasteiger partial charge >= 0.3 is 8.56 Å². The lowest BCUT2D eigenvalue weighted by molar-refractivity contribution is 0.307. The van der Waals surface area contributed by atoms with Gasteiger partial charge in [0.25, 0.3) is 0 Å². The van der Waals surface area contributed by atoms with Crippen molar-refractivity contribution in [3.8, 4) is 0 Å². The first-order chi connectivity index (χ1) is 8.33. The summed E-state index contributed by atoms with van der Waals surface area (Å²) in [4.78, 5) is 0. The summed E-state index contributed by atoms with van der Waals surface area (Å²) in [6.45, 7) is 21.0. The Bertz CT molecular complexity index is 262. The first-order valence-electron chi connectivity index (χ1n) is 7.35. The Labute approximate surface area is 125 Å². The third-order valence-electron chi connectivity index (χ3n) is 2.50. The zero-order valence-electron chi connectivity index (χ0n) is 14.4. The van der Waals surface area contributed by atoms with Gasteiger partial charge in [-0.15, -0.1) is 0 Å². The number of hydrogen-bond acceptors (Lipinski definition) is 3. The molecule has 7 heteroatoms. The molecule has 0 heterocycles. The molecule has 0 amide bonds. The van der Waals surface area contributed by atoms with E-state index in [-0.39, 0.29) is 0 Å². The molecule has 0 aliphatic rings. The fourth-order valence-corrected chi connectivity index (χ4v) is 14.8. The summed E-state index contributed by atoms with van der Waals surface area (Å²) in [7, 11) is -5.87. The lowest BCUT2D eigenvalue weighted by atomic mass is 10.5. The number of rotatable bonds is 9. The van der Waals surface area contributed by atoms with Crippen molar-refractivity contribution in [2.45, 2.75) is 71.4 Å². The van der Waals surface area contributed by atoms with E-state index in [4.69, 9.17) is 12.7 Å². The van der Waals surface area contributed by atoms with E-state index in [1.165, 1.54) is 0 Å². The van der Waals surface area contributed by atoms with Gasteiger partial charge in [-0.2, -0.15) is 0 Å². The van der Waals surface area contributed by atoms with Crippen molar-refractivity contribution in [2.24, 2.45) is 0 Å². The van der Waals surface area contributed by atoms with Crippen molar-refractivity contribution < 1.29 is 12.7 Å². The van der Waals surface area contributed by atoms with Gasteiger partial charge in [-0.25, -0.2) is 0 Å². The van der Waals surface area contributed by atoms with E-state index >= 15 is 0 Å². The molecule has 0 saturated carbocycles. The minimum Gasteiger partial charge on any atom is -0.440 e. The maximum atomic E-state index is 6.41. The van der Waals surface area contributed by atoms with Gasteiger partial charge in [-0.05, 0) is 71.4 Å². The Morgan fingerprint density at radius 2 is 1.42 bits per heavy atom. The second-order valence-corrected chi connectivity index (χ2v) is 22.7. The molecule has 116 valence electrons. The van der Waals surface area contributed by atoms with Crippen LogP contribution in [0.1, 0.15) is 6.42 Å². The highest BCUT2D eigenvalue weighted by molar-refractivity contribution is 6.84. The lowest BCUT2D eigenvalue weighted by Gasteiger charge is -2.35. The average Bonchev–Trinajstić information content (AvgIpc) is 2.06. The molecular formula is C12H34O3Si4. The SMILES string of the molecule is C[SiH](C)O[Si](C)(C)O[Si](C)(C)CCCO[Si](C)(C)C. The van der Waals surface area contributed by atoms with Gasteiger partial charge in [0.05, 0.1) is 0 Å². The van der Waals surface area contributed by atoms with E-state index in [1.54, 1.807) is 0 Å². The molecule has 19 heavy (non-hydrogen) atoms. The predicted octanol–water partition coefficient (Wildman–Crippen LogP) is 4.15. The maximum Gasteiger partial charge on any atom is 0.310 e. The van der Waals surface area contributed by atoms with E-state index < -0.39 is 34.2 Å². The van der Waals surface area contributed by atoms with Gasteiger partial charge in [0.15, 0.2) is 25.7 Å². The van der Waals surface area contributed by atoms with Crippen LogP contribution in [-0.2, 0) is 12.7 Å². The van der Waals surface area contributed by atoms with Crippen molar-refractivity contribution in [2.75, 3.05) is 6.61 Å². The monoisotopic (exact) mass is 338 g/mol. The summed E-state index contributed by atoms with van der Waals surface area (Å²) in [5.74, 6) is 0. The van der Waals surface area contributed by atoms with Gasteiger partial charge in [0, 0.05) is 6.61 Å². The lowest BCUT2D eigenvalue weighted by Crippen LogP contribution is -2.48. The molecular weight excluding hydrogens is 304 g/mol. The average molecular weight is 339 g/mol. The Morgan fingerprint density at radius 3 is 1.84 bits per heavy atom. The van der Waals surface area contributed by atoms with Crippen LogP contribution in [0.3, 0.4) is 0 Å². The highest BCUT2D eigenvalue weighted by Crippen LogP contribution is 2.21. The van der Waals surface area contributed by atoms with E-state index in [9.17, 15) is 0 Å². The van der Waals surface area contributed by atoms with E-state index in [2.05, 4.69) is 58.9 Å². The molecule has 0 aromatic rings. The molecule has 0 fully saturated rings. The Kier molecular flexibility index (Phi) is 7.97. The number of hydrogen-bond donors (Lipinski definition) is 0. The molecule has 0 bridgehead atoms. The van der Waals surface area contributed by atoms with Crippen LogP contribution in [0, 0.1) is 0 Å².